The van der Waals surface area contributed by atoms with Crippen LogP contribution in [0.5, 0.6) is 0 Å². The van der Waals surface area contributed by atoms with E-state index in [4.69, 9.17) is 14.2 Å². The third kappa shape index (κ3) is 3.63. The van der Waals surface area contributed by atoms with E-state index in [2.05, 4.69) is 20.6 Å². The fourth-order valence-electron chi connectivity index (χ4n) is 2.41. The first-order valence-electron chi connectivity index (χ1n) is 7.56. The van der Waals surface area contributed by atoms with Gasteiger partial charge in [0.2, 0.25) is 11.2 Å². The lowest BCUT2D eigenvalue weighted by Gasteiger charge is -2.14. The van der Waals surface area contributed by atoms with E-state index >= 15 is 0 Å². The van der Waals surface area contributed by atoms with Crippen LogP contribution in [0.4, 0.5) is 0 Å². The van der Waals surface area contributed by atoms with Gasteiger partial charge >= 0.3 is 17.5 Å². The molecule has 134 valence electrons. The topological polar surface area (TPSA) is 140 Å². The SMILES string of the molecule is CC(=O)OCC1CCC(n2nnc3c(nnn3COC(C)=O)c2=O)O1. The maximum atomic E-state index is 12.5. The van der Waals surface area contributed by atoms with Crippen molar-refractivity contribution in [1.82, 2.24) is 30.0 Å². The molecule has 3 heterocycles. The van der Waals surface area contributed by atoms with Gasteiger partial charge in [-0.05, 0) is 12.8 Å². The van der Waals surface area contributed by atoms with Crippen LogP contribution in [0.2, 0.25) is 0 Å². The maximum Gasteiger partial charge on any atom is 0.304 e. The summed E-state index contributed by atoms with van der Waals surface area (Å²) in [6.07, 6.45) is 0.207. The molecule has 1 aliphatic heterocycles. The van der Waals surface area contributed by atoms with Crippen LogP contribution < -0.4 is 5.56 Å². The van der Waals surface area contributed by atoms with Crippen LogP contribution in [0.3, 0.4) is 0 Å². The summed E-state index contributed by atoms with van der Waals surface area (Å²) in [7, 11) is 0. The molecule has 2 aromatic rings. The van der Waals surface area contributed by atoms with Crippen LogP contribution in [0, 0.1) is 0 Å². The third-order valence-corrected chi connectivity index (χ3v) is 3.58. The maximum absolute atomic E-state index is 12.5. The normalized spacial score (nSPS) is 19.9. The number of nitrogens with zero attached hydrogens (tertiary/aromatic N) is 6. The van der Waals surface area contributed by atoms with E-state index in [0.717, 1.165) is 9.36 Å². The first kappa shape index (κ1) is 17.0. The Bertz CT molecular complexity index is 860. The average molecular weight is 352 g/mol. The quantitative estimate of drug-likeness (QED) is 0.624. The zero-order chi connectivity index (χ0) is 18.0. The fraction of sp³-hybridized carbons (Fsp3) is 0.615. The number of carbonyl (C=O) groups excluding carboxylic acids is 2. The molecule has 0 radical (unpaired) electrons. The lowest BCUT2D eigenvalue weighted by atomic mass is 10.2. The monoisotopic (exact) mass is 352 g/mol. The predicted molar refractivity (Wildman–Crippen MR) is 78.9 cm³/mol. The number of hydrogen-bond donors (Lipinski definition) is 0. The van der Waals surface area contributed by atoms with E-state index in [0.29, 0.717) is 12.8 Å². The summed E-state index contributed by atoms with van der Waals surface area (Å²) in [5.74, 6) is -0.891. The van der Waals surface area contributed by atoms with Crippen LogP contribution in [0.1, 0.15) is 32.9 Å². The molecule has 1 fully saturated rings. The third-order valence-electron chi connectivity index (χ3n) is 3.58. The lowest BCUT2D eigenvalue weighted by molar-refractivity contribution is -0.146. The molecule has 2 atom stereocenters. The van der Waals surface area contributed by atoms with Gasteiger partial charge in [-0.25, -0.2) is 0 Å². The summed E-state index contributed by atoms with van der Waals surface area (Å²) in [5, 5.41) is 15.3. The van der Waals surface area contributed by atoms with E-state index in [-0.39, 0.29) is 30.6 Å². The smallest absolute Gasteiger partial charge is 0.304 e. The predicted octanol–water partition coefficient (Wildman–Crippen LogP) is -0.856. The first-order chi connectivity index (χ1) is 12.0. The van der Waals surface area contributed by atoms with E-state index < -0.39 is 23.7 Å². The zero-order valence-electron chi connectivity index (χ0n) is 13.6. The Morgan fingerprint density at radius 2 is 1.92 bits per heavy atom. The van der Waals surface area contributed by atoms with E-state index in [9.17, 15) is 14.4 Å². The summed E-state index contributed by atoms with van der Waals surface area (Å²) >= 11 is 0. The van der Waals surface area contributed by atoms with Crippen LogP contribution in [-0.2, 0) is 30.5 Å². The average Bonchev–Trinajstić information content (AvgIpc) is 3.18. The van der Waals surface area contributed by atoms with Gasteiger partial charge in [-0.1, -0.05) is 10.4 Å². The standard InChI is InChI=1S/C13H16N6O6/c1-7(20)23-5-9-3-4-10(25-9)19-13(22)11-12(15-17-19)18(16-14-11)6-24-8(2)21/h9-10H,3-6H2,1-2H3. The minimum Gasteiger partial charge on any atom is -0.463 e. The van der Waals surface area contributed by atoms with Gasteiger partial charge in [0.05, 0.1) is 6.10 Å². The summed E-state index contributed by atoms with van der Waals surface area (Å²) < 4.78 is 17.6. The van der Waals surface area contributed by atoms with Crippen LogP contribution >= 0.6 is 0 Å². The molecule has 3 rings (SSSR count). The molecule has 0 amide bonds. The van der Waals surface area contributed by atoms with Gasteiger partial charge in [-0.15, -0.1) is 10.2 Å². The van der Waals surface area contributed by atoms with Crippen molar-refractivity contribution in [2.24, 2.45) is 0 Å². The molecule has 1 saturated heterocycles. The Morgan fingerprint density at radius 3 is 2.64 bits per heavy atom. The van der Waals surface area contributed by atoms with E-state index in [1.807, 2.05) is 0 Å². The zero-order valence-corrected chi connectivity index (χ0v) is 13.6. The van der Waals surface area contributed by atoms with Crippen molar-refractivity contribution in [2.75, 3.05) is 6.61 Å². The number of fused-ring (bicyclic) bond motifs is 1. The summed E-state index contributed by atoms with van der Waals surface area (Å²) in [4.78, 5) is 34.2. The van der Waals surface area contributed by atoms with Crippen molar-refractivity contribution in [3.8, 4) is 0 Å². The lowest BCUT2D eigenvalue weighted by Crippen LogP contribution is -2.29. The highest BCUT2D eigenvalue weighted by Crippen LogP contribution is 2.26. The molecule has 0 saturated carbocycles. The molecule has 0 aromatic carbocycles. The molecule has 0 bridgehead atoms. The van der Waals surface area contributed by atoms with Gasteiger partial charge in [0, 0.05) is 13.8 Å². The Kier molecular flexibility index (Phi) is 4.70. The minimum absolute atomic E-state index is 0.00538. The summed E-state index contributed by atoms with van der Waals surface area (Å²) in [5.41, 5.74) is -0.414. The molecule has 12 nitrogen and oxygen atoms in total. The molecule has 25 heavy (non-hydrogen) atoms. The van der Waals surface area contributed by atoms with Gasteiger partial charge in [0.1, 0.15) is 6.61 Å². The highest BCUT2D eigenvalue weighted by atomic mass is 16.6. The van der Waals surface area contributed by atoms with Crippen LogP contribution in [0.25, 0.3) is 11.2 Å². The van der Waals surface area contributed by atoms with E-state index in [1.54, 1.807) is 0 Å². The Labute approximate surface area is 140 Å². The van der Waals surface area contributed by atoms with Gasteiger partial charge in [0.25, 0.3) is 0 Å². The molecule has 2 aromatic heterocycles. The molecule has 2 unspecified atom stereocenters. The largest absolute Gasteiger partial charge is 0.463 e. The molecular formula is C13H16N6O6. The highest BCUT2D eigenvalue weighted by Gasteiger charge is 2.30. The highest BCUT2D eigenvalue weighted by molar-refractivity contribution is 5.68. The van der Waals surface area contributed by atoms with Gasteiger partial charge in [-0.3, -0.25) is 14.4 Å². The molecular weight excluding hydrogens is 336 g/mol. The number of rotatable bonds is 5. The molecule has 0 aliphatic carbocycles. The number of aromatic nitrogens is 6. The van der Waals surface area contributed by atoms with E-state index in [1.165, 1.54) is 13.8 Å². The summed E-state index contributed by atoms with van der Waals surface area (Å²) in [6.45, 7) is 2.47. The first-order valence-corrected chi connectivity index (χ1v) is 7.56. The van der Waals surface area contributed by atoms with Crippen molar-refractivity contribution in [1.29, 1.82) is 0 Å². The van der Waals surface area contributed by atoms with Crippen molar-refractivity contribution < 1.29 is 23.8 Å². The van der Waals surface area contributed by atoms with Gasteiger partial charge < -0.3 is 14.2 Å². The fourth-order valence-corrected chi connectivity index (χ4v) is 2.41. The van der Waals surface area contributed by atoms with Crippen LogP contribution in [-0.4, -0.2) is 54.6 Å². The Balaban J connectivity index is 1.77. The Hall–Kier alpha value is -2.89. The van der Waals surface area contributed by atoms with Crippen molar-refractivity contribution in [2.45, 2.75) is 45.8 Å². The number of esters is 2. The molecule has 0 N–H and O–H groups in total. The van der Waals surface area contributed by atoms with Gasteiger partial charge in [-0.2, -0.15) is 9.36 Å². The molecule has 1 aliphatic rings. The second-order valence-electron chi connectivity index (χ2n) is 5.46. The van der Waals surface area contributed by atoms with Crippen molar-refractivity contribution in [3.63, 3.8) is 0 Å². The van der Waals surface area contributed by atoms with Crippen molar-refractivity contribution >= 4 is 23.1 Å². The van der Waals surface area contributed by atoms with Crippen molar-refractivity contribution in [3.05, 3.63) is 10.4 Å². The Morgan fingerprint density at radius 1 is 1.16 bits per heavy atom. The van der Waals surface area contributed by atoms with Gasteiger partial charge in [0.15, 0.2) is 13.0 Å². The number of carbonyl (C=O) groups is 2. The summed E-state index contributed by atoms with van der Waals surface area (Å²) in [6, 6.07) is 0. The second-order valence-corrected chi connectivity index (χ2v) is 5.46. The molecule has 0 spiro atoms. The number of ether oxygens (including phenoxy) is 3. The number of hydrogen-bond acceptors (Lipinski definition) is 10. The second kappa shape index (κ2) is 6.93. The van der Waals surface area contributed by atoms with Crippen LogP contribution in [0.15, 0.2) is 4.79 Å². The minimum atomic E-state index is -0.622. The molecule has 12 heteroatoms.